The fraction of sp³-hybridized carbons (Fsp3) is 0.936. The van der Waals surface area contributed by atoms with E-state index in [0.717, 1.165) is 51.4 Å². The third-order valence-corrected chi connectivity index (χ3v) is 12.0. The van der Waals surface area contributed by atoms with Crippen molar-refractivity contribution in [2.75, 3.05) is 40.9 Å². The molecule has 9 heteroatoms. The molecular weight excluding hydrogens is 719 g/mol. The summed E-state index contributed by atoms with van der Waals surface area (Å²) < 4.78 is 23.7. The number of nitrogens with one attached hydrogen (secondary N) is 1. The zero-order valence-corrected chi connectivity index (χ0v) is 38.8. The zero-order valence-electron chi connectivity index (χ0n) is 37.9. The number of unbranched alkanes of at least 4 members (excludes halogenated alkanes) is 29. The first-order chi connectivity index (χ1) is 27.0. The van der Waals surface area contributed by atoms with Gasteiger partial charge >= 0.3 is 7.82 Å². The zero-order chi connectivity index (χ0) is 41.4. The van der Waals surface area contributed by atoms with Crippen LogP contribution >= 0.6 is 7.82 Å². The number of hydrogen-bond donors (Lipinski definition) is 3. The van der Waals surface area contributed by atoms with Crippen molar-refractivity contribution in [1.29, 1.82) is 0 Å². The number of phosphoric acid groups is 1. The van der Waals surface area contributed by atoms with Crippen LogP contribution in [0.2, 0.25) is 0 Å². The van der Waals surface area contributed by atoms with Gasteiger partial charge < -0.3 is 19.8 Å². The molecule has 0 fully saturated rings. The summed E-state index contributed by atoms with van der Waals surface area (Å²) in [6.07, 6.45) is 45.3. The van der Waals surface area contributed by atoms with Gasteiger partial charge in [0.15, 0.2) is 0 Å². The average Bonchev–Trinajstić information content (AvgIpc) is 3.15. The number of aliphatic hydroxyl groups excluding tert-OH is 1. The van der Waals surface area contributed by atoms with E-state index in [1.54, 1.807) is 0 Å². The number of likely N-dealkylation sites (N-methyl/N-ethyl adjacent to an activating group) is 1. The van der Waals surface area contributed by atoms with E-state index in [0.29, 0.717) is 23.9 Å². The number of aliphatic hydroxyl groups is 1. The van der Waals surface area contributed by atoms with Gasteiger partial charge in [0, 0.05) is 6.42 Å². The van der Waals surface area contributed by atoms with E-state index in [4.69, 9.17) is 9.05 Å². The smallest absolute Gasteiger partial charge is 0.391 e. The molecule has 8 nitrogen and oxygen atoms in total. The van der Waals surface area contributed by atoms with Crippen molar-refractivity contribution in [1.82, 2.24) is 5.32 Å². The van der Waals surface area contributed by atoms with Gasteiger partial charge in [-0.25, -0.2) is 4.57 Å². The number of amides is 1. The molecule has 0 rings (SSSR count). The second-order valence-corrected chi connectivity index (χ2v) is 19.3. The quantitative estimate of drug-likeness (QED) is 0.0245. The van der Waals surface area contributed by atoms with Crippen LogP contribution in [0.25, 0.3) is 0 Å². The third kappa shape index (κ3) is 41.4. The molecule has 0 radical (unpaired) electrons. The molecule has 0 aliphatic rings. The number of rotatable bonds is 44. The summed E-state index contributed by atoms with van der Waals surface area (Å²) in [4.78, 5) is 23.2. The van der Waals surface area contributed by atoms with Crippen LogP contribution in [-0.2, 0) is 18.4 Å². The predicted octanol–water partition coefficient (Wildman–Crippen LogP) is 13.5. The minimum Gasteiger partial charge on any atom is -0.391 e. The maximum Gasteiger partial charge on any atom is 0.472 e. The van der Waals surface area contributed by atoms with E-state index in [1.807, 2.05) is 21.1 Å². The molecule has 0 heterocycles. The average molecular weight is 816 g/mol. The second kappa shape index (κ2) is 39.7. The molecule has 0 saturated carbocycles. The Morgan fingerprint density at radius 3 is 1.39 bits per heavy atom. The minimum absolute atomic E-state index is 0.0750. The van der Waals surface area contributed by atoms with Gasteiger partial charge in [-0.2, -0.15) is 0 Å². The van der Waals surface area contributed by atoms with Gasteiger partial charge in [-0.3, -0.25) is 13.8 Å². The molecule has 56 heavy (non-hydrogen) atoms. The van der Waals surface area contributed by atoms with Gasteiger partial charge in [-0.15, -0.1) is 0 Å². The van der Waals surface area contributed by atoms with Crippen molar-refractivity contribution < 1.29 is 32.9 Å². The number of carbonyl (C=O) groups is 1. The summed E-state index contributed by atoms with van der Waals surface area (Å²) in [6.45, 7) is 4.88. The summed E-state index contributed by atoms with van der Waals surface area (Å²) in [5.41, 5.74) is 0. The van der Waals surface area contributed by atoms with Crippen molar-refractivity contribution in [2.45, 2.75) is 244 Å². The fourth-order valence-electron chi connectivity index (χ4n) is 7.16. The number of carbonyl (C=O) groups excluding carboxylic acids is 1. The SMILES string of the molecule is CCCCCC/C=C\CCCCCCCC(=O)NC(COP(=O)(O)OCC[N+](C)(C)C)C(O)CCCCCCCCCCCCCCCCCCCCCCC. The molecule has 0 bridgehead atoms. The molecule has 0 spiro atoms. The topological polar surface area (TPSA) is 105 Å². The van der Waals surface area contributed by atoms with Gasteiger partial charge in [0.25, 0.3) is 0 Å². The van der Waals surface area contributed by atoms with Crippen molar-refractivity contribution >= 4 is 13.7 Å². The van der Waals surface area contributed by atoms with Crippen LogP contribution in [0, 0.1) is 0 Å². The van der Waals surface area contributed by atoms with Gasteiger partial charge in [-0.05, 0) is 38.5 Å². The summed E-state index contributed by atoms with van der Waals surface area (Å²) >= 11 is 0. The molecule has 3 unspecified atom stereocenters. The van der Waals surface area contributed by atoms with Gasteiger partial charge in [-0.1, -0.05) is 199 Å². The molecule has 0 aliphatic heterocycles. The first-order valence-corrected chi connectivity index (χ1v) is 25.5. The van der Waals surface area contributed by atoms with Crippen LogP contribution in [-0.4, -0.2) is 73.4 Å². The molecule has 0 aromatic rings. The molecule has 0 saturated heterocycles. The molecule has 3 atom stereocenters. The Labute approximate surface area is 348 Å². The number of phosphoric ester groups is 1. The minimum atomic E-state index is -4.31. The van der Waals surface area contributed by atoms with Crippen LogP contribution in [0.4, 0.5) is 0 Å². The van der Waals surface area contributed by atoms with E-state index in [9.17, 15) is 19.4 Å². The highest BCUT2D eigenvalue weighted by molar-refractivity contribution is 7.47. The summed E-state index contributed by atoms with van der Waals surface area (Å²) in [7, 11) is 1.62. The lowest BCUT2D eigenvalue weighted by molar-refractivity contribution is -0.870. The Kier molecular flexibility index (Phi) is 39.1. The fourth-order valence-corrected chi connectivity index (χ4v) is 7.89. The number of hydrogen-bond acceptors (Lipinski definition) is 5. The summed E-state index contributed by atoms with van der Waals surface area (Å²) in [6, 6.07) is -0.760. The Morgan fingerprint density at radius 2 is 0.964 bits per heavy atom. The van der Waals surface area contributed by atoms with Gasteiger partial charge in [0.05, 0.1) is 39.9 Å². The van der Waals surface area contributed by atoms with E-state index in [1.165, 1.54) is 154 Å². The van der Waals surface area contributed by atoms with Crippen molar-refractivity contribution in [3.63, 3.8) is 0 Å². The van der Waals surface area contributed by atoms with Crippen molar-refractivity contribution in [3.8, 4) is 0 Å². The Balaban J connectivity index is 4.25. The molecule has 1 amide bonds. The Morgan fingerprint density at radius 1 is 0.589 bits per heavy atom. The third-order valence-electron chi connectivity index (χ3n) is 11.0. The van der Waals surface area contributed by atoms with Gasteiger partial charge in [0.1, 0.15) is 13.2 Å². The van der Waals surface area contributed by atoms with Crippen molar-refractivity contribution in [3.05, 3.63) is 12.2 Å². The maximum absolute atomic E-state index is 12.9. The lowest BCUT2D eigenvalue weighted by Crippen LogP contribution is -2.46. The first-order valence-electron chi connectivity index (χ1n) is 24.1. The van der Waals surface area contributed by atoms with Crippen LogP contribution in [0.1, 0.15) is 232 Å². The highest BCUT2D eigenvalue weighted by Gasteiger charge is 2.28. The second-order valence-electron chi connectivity index (χ2n) is 17.8. The van der Waals surface area contributed by atoms with Crippen molar-refractivity contribution in [2.24, 2.45) is 0 Å². The molecule has 0 aromatic carbocycles. The van der Waals surface area contributed by atoms with Gasteiger partial charge in [0.2, 0.25) is 5.91 Å². The number of quaternary nitrogens is 1. The lowest BCUT2D eigenvalue weighted by atomic mass is 10.0. The normalized spacial score (nSPS) is 14.3. The molecule has 3 N–H and O–H groups in total. The summed E-state index contributed by atoms with van der Waals surface area (Å²) in [5.74, 6) is -0.152. The molecule has 0 aliphatic carbocycles. The maximum atomic E-state index is 12.9. The molecule has 334 valence electrons. The molecule has 0 aromatic heterocycles. The van der Waals surface area contributed by atoms with E-state index in [-0.39, 0.29) is 19.1 Å². The first kappa shape index (κ1) is 55.2. The summed E-state index contributed by atoms with van der Waals surface area (Å²) in [5, 5.41) is 14.0. The van der Waals surface area contributed by atoms with Crippen LogP contribution in [0.15, 0.2) is 12.2 Å². The van der Waals surface area contributed by atoms with E-state index in [2.05, 4.69) is 31.3 Å². The van der Waals surface area contributed by atoms with E-state index < -0.39 is 20.0 Å². The monoisotopic (exact) mass is 816 g/mol. The highest BCUT2D eigenvalue weighted by Crippen LogP contribution is 2.43. The van der Waals surface area contributed by atoms with Crippen LogP contribution in [0.5, 0.6) is 0 Å². The predicted molar refractivity (Wildman–Crippen MR) is 240 cm³/mol. The Hall–Kier alpha value is -0.760. The largest absolute Gasteiger partial charge is 0.472 e. The van der Waals surface area contributed by atoms with Crippen LogP contribution < -0.4 is 5.32 Å². The number of nitrogens with zero attached hydrogens (tertiary/aromatic N) is 1. The lowest BCUT2D eigenvalue weighted by Gasteiger charge is -2.26. The standard InChI is InChI=1S/C47H95N2O6P/c1-6-8-10-12-14-16-18-20-21-22-23-24-25-26-27-29-30-32-34-36-38-40-46(50)45(44-55-56(52,53)54-43-42-49(3,4)5)48-47(51)41-39-37-35-33-31-28-19-17-15-13-11-9-7-2/h17,19,45-46,50H,6-16,18,20-44H2,1-5H3,(H-,48,51,52,53)/p+1/b19-17-. The highest BCUT2D eigenvalue weighted by atomic mass is 31.2. The molecular formula is C47H96N2O6P+. The van der Waals surface area contributed by atoms with E-state index >= 15 is 0 Å². The number of allylic oxidation sites excluding steroid dienone is 2. The Bertz CT molecular complexity index is 927. The van der Waals surface area contributed by atoms with Crippen LogP contribution in [0.3, 0.4) is 0 Å².